The molecule has 2 rings (SSSR count). The van der Waals surface area contributed by atoms with E-state index >= 15 is 0 Å². The van der Waals surface area contributed by atoms with Crippen LogP contribution in [0, 0.1) is 6.92 Å². The smallest absolute Gasteiger partial charge is 0.419 e. The van der Waals surface area contributed by atoms with Crippen LogP contribution >= 0.6 is 11.6 Å². The van der Waals surface area contributed by atoms with Crippen LogP contribution in [0.15, 0.2) is 30.5 Å². The average molecular weight is 293 g/mol. The van der Waals surface area contributed by atoms with Crippen LogP contribution < -0.4 is 0 Å². The molecule has 5 heteroatoms. The van der Waals surface area contributed by atoms with Crippen molar-refractivity contribution in [3.8, 4) is 11.4 Å². The lowest BCUT2D eigenvalue weighted by molar-refractivity contribution is 0.0537. The number of rotatable bonds is 1. The Morgan fingerprint density at radius 1 is 1.30 bits per heavy atom. The Morgan fingerprint density at radius 3 is 2.60 bits per heavy atom. The molecule has 0 aliphatic heterocycles. The van der Waals surface area contributed by atoms with Crippen LogP contribution in [0.1, 0.15) is 26.5 Å². The molecule has 0 bridgehead atoms. The van der Waals surface area contributed by atoms with E-state index in [4.69, 9.17) is 16.3 Å². The molecular formula is C15H17ClN2O2. The molecule has 20 heavy (non-hydrogen) atoms. The highest BCUT2D eigenvalue weighted by atomic mass is 35.5. The van der Waals surface area contributed by atoms with Gasteiger partial charge in [0, 0.05) is 16.9 Å². The number of carbonyl (C=O) groups excluding carboxylic acids is 1. The van der Waals surface area contributed by atoms with Gasteiger partial charge in [-0.05, 0) is 52.0 Å². The molecule has 0 aliphatic rings. The number of carbonyl (C=O) groups is 1. The summed E-state index contributed by atoms with van der Waals surface area (Å²) in [4.78, 5) is 16.6. The summed E-state index contributed by atoms with van der Waals surface area (Å²) in [6.45, 7) is 7.35. The Bertz CT molecular complexity index is 642. The van der Waals surface area contributed by atoms with Crippen molar-refractivity contribution in [3.63, 3.8) is 0 Å². The van der Waals surface area contributed by atoms with E-state index in [0.29, 0.717) is 16.4 Å². The van der Waals surface area contributed by atoms with Gasteiger partial charge in [-0.1, -0.05) is 11.6 Å². The lowest BCUT2D eigenvalue weighted by atomic mass is 10.2. The van der Waals surface area contributed by atoms with Crippen molar-refractivity contribution < 1.29 is 9.53 Å². The maximum atomic E-state index is 12.3. The molecule has 0 aromatic carbocycles. The average Bonchev–Trinajstić information content (AvgIpc) is 2.69. The van der Waals surface area contributed by atoms with Gasteiger partial charge in [-0.3, -0.25) is 4.98 Å². The summed E-state index contributed by atoms with van der Waals surface area (Å²) in [7, 11) is 0. The number of nitrogens with zero attached hydrogens (tertiary/aromatic N) is 2. The van der Waals surface area contributed by atoms with Crippen LogP contribution in [-0.2, 0) is 4.74 Å². The highest BCUT2D eigenvalue weighted by Gasteiger charge is 2.22. The SMILES string of the molecule is Cc1ccc(-c2cc(Cl)ccn2)n1C(=O)OC(C)(C)C. The summed E-state index contributed by atoms with van der Waals surface area (Å²) >= 11 is 5.97. The first-order valence-electron chi connectivity index (χ1n) is 6.31. The first kappa shape index (κ1) is 14.6. The Labute approximate surface area is 123 Å². The first-order chi connectivity index (χ1) is 9.28. The molecule has 0 atom stereocenters. The summed E-state index contributed by atoms with van der Waals surface area (Å²) in [6, 6.07) is 7.09. The lowest BCUT2D eigenvalue weighted by Gasteiger charge is -2.21. The normalized spacial score (nSPS) is 11.4. The standard InChI is InChI=1S/C15H17ClN2O2/c1-10-5-6-13(12-9-11(16)7-8-17-12)18(10)14(19)20-15(2,3)4/h5-9H,1-4H3. The Kier molecular flexibility index (Phi) is 3.86. The molecule has 0 fully saturated rings. The van der Waals surface area contributed by atoms with Crippen LogP contribution in [0.5, 0.6) is 0 Å². The minimum absolute atomic E-state index is 0.420. The van der Waals surface area contributed by atoms with Gasteiger partial charge in [0.15, 0.2) is 0 Å². The fourth-order valence-electron chi connectivity index (χ4n) is 1.83. The van der Waals surface area contributed by atoms with Crippen molar-refractivity contribution in [3.05, 3.63) is 41.2 Å². The van der Waals surface area contributed by atoms with E-state index in [1.807, 2.05) is 39.8 Å². The van der Waals surface area contributed by atoms with Crippen LogP contribution in [-0.4, -0.2) is 21.2 Å². The molecule has 0 saturated heterocycles. The molecule has 0 amide bonds. The van der Waals surface area contributed by atoms with Gasteiger partial charge in [0.1, 0.15) is 5.60 Å². The number of hydrogen-bond acceptors (Lipinski definition) is 3. The second-order valence-corrected chi connectivity index (χ2v) is 5.97. The van der Waals surface area contributed by atoms with Gasteiger partial charge in [0.2, 0.25) is 0 Å². The molecule has 0 spiro atoms. The van der Waals surface area contributed by atoms with E-state index in [9.17, 15) is 4.79 Å². The van der Waals surface area contributed by atoms with E-state index in [-0.39, 0.29) is 0 Å². The quantitative estimate of drug-likeness (QED) is 0.787. The Balaban J connectivity index is 2.45. The van der Waals surface area contributed by atoms with Gasteiger partial charge in [-0.2, -0.15) is 0 Å². The zero-order valence-electron chi connectivity index (χ0n) is 12.0. The topological polar surface area (TPSA) is 44.1 Å². The van der Waals surface area contributed by atoms with Gasteiger partial charge in [-0.15, -0.1) is 0 Å². The van der Waals surface area contributed by atoms with Crippen LogP contribution in [0.3, 0.4) is 0 Å². The van der Waals surface area contributed by atoms with E-state index in [0.717, 1.165) is 5.69 Å². The maximum Gasteiger partial charge on any atom is 0.419 e. The number of hydrogen-bond donors (Lipinski definition) is 0. The largest absolute Gasteiger partial charge is 0.443 e. The first-order valence-corrected chi connectivity index (χ1v) is 6.69. The number of aryl methyl sites for hydroxylation is 1. The van der Waals surface area contributed by atoms with Crippen molar-refractivity contribution >= 4 is 17.7 Å². The summed E-state index contributed by atoms with van der Waals surface area (Å²) in [5.41, 5.74) is 1.54. The fraction of sp³-hybridized carbons (Fsp3) is 0.333. The van der Waals surface area contributed by atoms with Gasteiger partial charge in [0.05, 0.1) is 11.4 Å². The fourth-order valence-corrected chi connectivity index (χ4v) is 1.99. The summed E-state index contributed by atoms with van der Waals surface area (Å²) < 4.78 is 6.92. The van der Waals surface area contributed by atoms with E-state index in [1.54, 1.807) is 18.3 Å². The number of pyridine rings is 1. The van der Waals surface area contributed by atoms with Crippen LogP contribution in [0.25, 0.3) is 11.4 Å². The van der Waals surface area contributed by atoms with Crippen molar-refractivity contribution in [2.24, 2.45) is 0 Å². The predicted molar refractivity (Wildman–Crippen MR) is 79.0 cm³/mol. The molecular weight excluding hydrogens is 276 g/mol. The van der Waals surface area contributed by atoms with Gasteiger partial charge < -0.3 is 4.74 Å². The lowest BCUT2D eigenvalue weighted by Crippen LogP contribution is -2.28. The second kappa shape index (κ2) is 5.29. The molecule has 0 saturated carbocycles. The summed E-state index contributed by atoms with van der Waals surface area (Å²) in [6.07, 6.45) is 1.19. The van der Waals surface area contributed by atoms with Gasteiger partial charge in [0.25, 0.3) is 0 Å². The van der Waals surface area contributed by atoms with E-state index in [2.05, 4.69) is 4.98 Å². The van der Waals surface area contributed by atoms with Crippen molar-refractivity contribution in [1.82, 2.24) is 9.55 Å². The van der Waals surface area contributed by atoms with Gasteiger partial charge >= 0.3 is 6.09 Å². The highest BCUT2D eigenvalue weighted by molar-refractivity contribution is 6.30. The minimum atomic E-state index is -0.549. The van der Waals surface area contributed by atoms with Crippen molar-refractivity contribution in [2.45, 2.75) is 33.3 Å². The molecule has 0 aliphatic carbocycles. The molecule has 4 nitrogen and oxygen atoms in total. The third kappa shape index (κ3) is 3.20. The summed E-state index contributed by atoms with van der Waals surface area (Å²) in [5, 5.41) is 0.574. The second-order valence-electron chi connectivity index (χ2n) is 5.54. The van der Waals surface area contributed by atoms with E-state index < -0.39 is 11.7 Å². The third-order valence-electron chi connectivity index (χ3n) is 2.64. The molecule has 2 heterocycles. The van der Waals surface area contributed by atoms with Crippen LogP contribution in [0.2, 0.25) is 5.02 Å². The zero-order chi connectivity index (χ0) is 14.9. The molecule has 0 unspecified atom stereocenters. The highest BCUT2D eigenvalue weighted by Crippen LogP contribution is 2.24. The molecule has 0 N–H and O–H groups in total. The summed E-state index contributed by atoms with van der Waals surface area (Å²) in [5.74, 6) is 0. The van der Waals surface area contributed by atoms with Crippen molar-refractivity contribution in [1.29, 1.82) is 0 Å². The third-order valence-corrected chi connectivity index (χ3v) is 2.87. The van der Waals surface area contributed by atoms with Gasteiger partial charge in [-0.25, -0.2) is 9.36 Å². The predicted octanol–water partition coefficient (Wildman–Crippen LogP) is 4.30. The van der Waals surface area contributed by atoms with E-state index in [1.165, 1.54) is 4.57 Å². The maximum absolute atomic E-state index is 12.3. The number of aromatic nitrogens is 2. The molecule has 106 valence electrons. The minimum Gasteiger partial charge on any atom is -0.443 e. The Morgan fingerprint density at radius 2 is 2.00 bits per heavy atom. The monoisotopic (exact) mass is 292 g/mol. The zero-order valence-corrected chi connectivity index (χ0v) is 12.7. The van der Waals surface area contributed by atoms with Crippen LogP contribution in [0.4, 0.5) is 4.79 Å². The van der Waals surface area contributed by atoms with Crippen molar-refractivity contribution in [2.75, 3.05) is 0 Å². The number of halogens is 1. The molecule has 2 aromatic rings. The number of ether oxygens (including phenoxy) is 1. The molecule has 0 radical (unpaired) electrons. The Hall–Kier alpha value is -1.81. The molecule has 2 aromatic heterocycles.